The van der Waals surface area contributed by atoms with Crippen LogP contribution in [0.5, 0.6) is 0 Å². The standard InChI is InChI=1S/C9H14N4O/c1-13-6-7(4-11-13)9(14)12-8-2-3-10-5-8/h4,6,8,10H,2-3,5H2,1H3,(H,12,14). The molecule has 5 heteroatoms. The summed E-state index contributed by atoms with van der Waals surface area (Å²) in [7, 11) is 1.80. The fourth-order valence-corrected chi connectivity index (χ4v) is 1.59. The summed E-state index contributed by atoms with van der Waals surface area (Å²) in [5.74, 6) is -0.0354. The fourth-order valence-electron chi connectivity index (χ4n) is 1.59. The summed E-state index contributed by atoms with van der Waals surface area (Å²) in [4.78, 5) is 11.6. The van der Waals surface area contributed by atoms with Crippen molar-refractivity contribution >= 4 is 5.91 Å². The van der Waals surface area contributed by atoms with Gasteiger partial charge >= 0.3 is 0 Å². The van der Waals surface area contributed by atoms with Gasteiger partial charge in [-0.2, -0.15) is 5.10 Å². The van der Waals surface area contributed by atoms with Crippen LogP contribution in [0.15, 0.2) is 12.4 Å². The van der Waals surface area contributed by atoms with Gasteiger partial charge in [0.15, 0.2) is 0 Å². The van der Waals surface area contributed by atoms with Crippen molar-refractivity contribution in [1.82, 2.24) is 20.4 Å². The Kier molecular flexibility index (Phi) is 2.49. The third-order valence-electron chi connectivity index (χ3n) is 2.36. The van der Waals surface area contributed by atoms with Crippen molar-refractivity contribution in [2.24, 2.45) is 7.05 Å². The predicted molar refractivity (Wildman–Crippen MR) is 51.9 cm³/mol. The van der Waals surface area contributed by atoms with E-state index in [0.717, 1.165) is 19.5 Å². The maximum atomic E-state index is 11.6. The summed E-state index contributed by atoms with van der Waals surface area (Å²) in [6.45, 7) is 1.85. The van der Waals surface area contributed by atoms with Crippen LogP contribution in [-0.2, 0) is 7.05 Å². The minimum Gasteiger partial charge on any atom is -0.348 e. The molecule has 1 aromatic heterocycles. The molecule has 0 aromatic carbocycles. The number of amides is 1. The van der Waals surface area contributed by atoms with Crippen molar-refractivity contribution in [2.45, 2.75) is 12.5 Å². The third-order valence-corrected chi connectivity index (χ3v) is 2.36. The van der Waals surface area contributed by atoms with E-state index in [4.69, 9.17) is 0 Å². The minimum atomic E-state index is -0.0354. The number of carbonyl (C=O) groups is 1. The van der Waals surface area contributed by atoms with Crippen LogP contribution in [0.3, 0.4) is 0 Å². The lowest BCUT2D eigenvalue weighted by atomic mass is 10.2. The number of aryl methyl sites for hydroxylation is 1. The summed E-state index contributed by atoms with van der Waals surface area (Å²) in [6.07, 6.45) is 4.31. The van der Waals surface area contributed by atoms with E-state index in [0.29, 0.717) is 5.56 Å². The first kappa shape index (κ1) is 9.21. The number of nitrogens with zero attached hydrogens (tertiary/aromatic N) is 2. The van der Waals surface area contributed by atoms with Gasteiger partial charge in [0.05, 0.1) is 11.8 Å². The Hall–Kier alpha value is -1.36. The van der Waals surface area contributed by atoms with Gasteiger partial charge in [0.2, 0.25) is 0 Å². The van der Waals surface area contributed by atoms with E-state index in [1.165, 1.54) is 0 Å². The molecule has 2 heterocycles. The smallest absolute Gasteiger partial charge is 0.254 e. The summed E-state index contributed by atoms with van der Waals surface area (Å²) < 4.78 is 1.63. The number of rotatable bonds is 2. The number of hydrogen-bond donors (Lipinski definition) is 2. The average Bonchev–Trinajstić information content (AvgIpc) is 2.75. The van der Waals surface area contributed by atoms with Gasteiger partial charge in [0.1, 0.15) is 0 Å². The molecule has 5 nitrogen and oxygen atoms in total. The van der Waals surface area contributed by atoms with E-state index in [9.17, 15) is 4.79 Å². The molecule has 76 valence electrons. The second-order valence-corrected chi connectivity index (χ2v) is 3.57. The van der Waals surface area contributed by atoms with Crippen LogP contribution in [0.1, 0.15) is 16.8 Å². The number of hydrogen-bond acceptors (Lipinski definition) is 3. The maximum absolute atomic E-state index is 11.6. The van der Waals surface area contributed by atoms with Crippen molar-refractivity contribution in [1.29, 1.82) is 0 Å². The van der Waals surface area contributed by atoms with Crippen LogP contribution >= 0.6 is 0 Å². The molecule has 0 radical (unpaired) electrons. The molecule has 1 saturated heterocycles. The summed E-state index contributed by atoms with van der Waals surface area (Å²) in [5, 5.41) is 10.1. The van der Waals surface area contributed by atoms with E-state index in [2.05, 4.69) is 15.7 Å². The quantitative estimate of drug-likeness (QED) is 0.668. The monoisotopic (exact) mass is 194 g/mol. The van der Waals surface area contributed by atoms with Gasteiger partial charge in [-0.25, -0.2) is 0 Å². The molecule has 1 unspecified atom stereocenters. The Morgan fingerprint density at radius 3 is 3.21 bits per heavy atom. The molecular weight excluding hydrogens is 180 g/mol. The first-order valence-electron chi connectivity index (χ1n) is 4.76. The number of nitrogens with one attached hydrogen (secondary N) is 2. The lowest BCUT2D eigenvalue weighted by molar-refractivity contribution is 0.0940. The van der Waals surface area contributed by atoms with Crippen molar-refractivity contribution in [3.63, 3.8) is 0 Å². The molecule has 2 N–H and O–H groups in total. The van der Waals surface area contributed by atoms with Crippen LogP contribution < -0.4 is 10.6 Å². The molecule has 1 aliphatic heterocycles. The lowest BCUT2D eigenvalue weighted by Crippen LogP contribution is -2.36. The van der Waals surface area contributed by atoms with Gasteiger partial charge in [-0.05, 0) is 13.0 Å². The highest BCUT2D eigenvalue weighted by molar-refractivity contribution is 5.93. The molecule has 1 amide bonds. The van der Waals surface area contributed by atoms with Crippen LogP contribution in [0.2, 0.25) is 0 Å². The van der Waals surface area contributed by atoms with E-state index < -0.39 is 0 Å². The summed E-state index contributed by atoms with van der Waals surface area (Å²) >= 11 is 0. The Morgan fingerprint density at radius 1 is 1.79 bits per heavy atom. The zero-order chi connectivity index (χ0) is 9.97. The Labute approximate surface area is 82.5 Å². The molecule has 0 bridgehead atoms. The lowest BCUT2D eigenvalue weighted by Gasteiger charge is -2.09. The zero-order valence-electron chi connectivity index (χ0n) is 8.16. The third kappa shape index (κ3) is 1.93. The number of aromatic nitrogens is 2. The minimum absolute atomic E-state index is 0.0354. The van der Waals surface area contributed by atoms with Gasteiger partial charge in [0.25, 0.3) is 5.91 Å². The van der Waals surface area contributed by atoms with Crippen molar-refractivity contribution in [3.8, 4) is 0 Å². The summed E-state index contributed by atoms with van der Waals surface area (Å²) in [5.41, 5.74) is 0.624. The van der Waals surface area contributed by atoms with E-state index in [1.807, 2.05) is 0 Å². The van der Waals surface area contributed by atoms with Gasteiger partial charge < -0.3 is 10.6 Å². The van der Waals surface area contributed by atoms with Crippen LogP contribution in [0, 0.1) is 0 Å². The largest absolute Gasteiger partial charge is 0.348 e. The second kappa shape index (κ2) is 3.79. The normalized spacial score (nSPS) is 21.1. The molecule has 1 aromatic rings. The zero-order valence-corrected chi connectivity index (χ0v) is 8.16. The molecule has 2 rings (SSSR count). The van der Waals surface area contributed by atoms with Gasteiger partial charge in [0, 0.05) is 25.8 Å². The van der Waals surface area contributed by atoms with Crippen molar-refractivity contribution < 1.29 is 4.79 Å². The second-order valence-electron chi connectivity index (χ2n) is 3.57. The molecule has 0 spiro atoms. The topological polar surface area (TPSA) is 59.0 Å². The molecule has 1 aliphatic rings. The molecule has 1 atom stereocenters. The highest BCUT2D eigenvalue weighted by Gasteiger charge is 2.17. The molecule has 1 fully saturated rings. The van der Waals surface area contributed by atoms with E-state index in [-0.39, 0.29) is 11.9 Å². The van der Waals surface area contributed by atoms with Gasteiger partial charge in [-0.15, -0.1) is 0 Å². The van der Waals surface area contributed by atoms with Gasteiger partial charge in [-0.3, -0.25) is 9.48 Å². The first-order valence-corrected chi connectivity index (χ1v) is 4.76. The number of carbonyl (C=O) groups excluding carboxylic acids is 1. The van der Waals surface area contributed by atoms with Crippen LogP contribution in [-0.4, -0.2) is 34.8 Å². The highest BCUT2D eigenvalue weighted by Crippen LogP contribution is 2.01. The fraction of sp³-hybridized carbons (Fsp3) is 0.556. The highest BCUT2D eigenvalue weighted by atomic mass is 16.1. The Morgan fingerprint density at radius 2 is 2.64 bits per heavy atom. The predicted octanol–water partition coefficient (Wildman–Crippen LogP) is -0.488. The summed E-state index contributed by atoms with van der Waals surface area (Å²) in [6, 6.07) is 0.266. The Bertz CT molecular complexity index is 327. The average molecular weight is 194 g/mol. The first-order chi connectivity index (χ1) is 6.75. The SMILES string of the molecule is Cn1cc(C(=O)NC2CCNC2)cn1. The molecule has 0 saturated carbocycles. The van der Waals surface area contributed by atoms with Crippen LogP contribution in [0.4, 0.5) is 0 Å². The van der Waals surface area contributed by atoms with Crippen molar-refractivity contribution in [3.05, 3.63) is 18.0 Å². The van der Waals surface area contributed by atoms with Crippen molar-refractivity contribution in [2.75, 3.05) is 13.1 Å². The van der Waals surface area contributed by atoms with E-state index >= 15 is 0 Å². The molecule has 0 aliphatic carbocycles. The van der Waals surface area contributed by atoms with E-state index in [1.54, 1.807) is 24.1 Å². The van der Waals surface area contributed by atoms with Crippen LogP contribution in [0.25, 0.3) is 0 Å². The Balaban J connectivity index is 1.95. The van der Waals surface area contributed by atoms with Gasteiger partial charge in [-0.1, -0.05) is 0 Å². The molecular formula is C9H14N4O. The maximum Gasteiger partial charge on any atom is 0.254 e. The molecule has 14 heavy (non-hydrogen) atoms.